The van der Waals surface area contributed by atoms with Crippen LogP contribution in [0.15, 0.2) is 42.5 Å². The average molecular weight is 337 g/mol. The van der Waals surface area contributed by atoms with E-state index in [4.69, 9.17) is 0 Å². The van der Waals surface area contributed by atoms with Gasteiger partial charge in [0.05, 0.1) is 6.54 Å². The van der Waals surface area contributed by atoms with E-state index in [9.17, 15) is 9.59 Å². The van der Waals surface area contributed by atoms with E-state index in [0.717, 1.165) is 36.2 Å². The SMILES string of the molecule is Cc1ccc(C)c(C(=O)NNC(=O)CN2CCCc3ccccc32)c1. The zero-order valence-corrected chi connectivity index (χ0v) is 14.6. The van der Waals surface area contributed by atoms with Crippen molar-refractivity contribution in [2.24, 2.45) is 0 Å². The van der Waals surface area contributed by atoms with Crippen LogP contribution in [0.5, 0.6) is 0 Å². The fourth-order valence-electron chi connectivity index (χ4n) is 3.16. The molecule has 2 aromatic rings. The molecular formula is C20H23N3O2. The van der Waals surface area contributed by atoms with Gasteiger partial charge in [0.2, 0.25) is 0 Å². The van der Waals surface area contributed by atoms with Gasteiger partial charge in [0, 0.05) is 17.8 Å². The summed E-state index contributed by atoms with van der Waals surface area (Å²) < 4.78 is 0. The number of para-hydroxylation sites is 1. The first-order chi connectivity index (χ1) is 12.0. The van der Waals surface area contributed by atoms with Gasteiger partial charge in [0.15, 0.2) is 0 Å². The van der Waals surface area contributed by atoms with E-state index in [-0.39, 0.29) is 18.4 Å². The van der Waals surface area contributed by atoms with Crippen LogP contribution >= 0.6 is 0 Å². The molecule has 2 N–H and O–H groups in total. The van der Waals surface area contributed by atoms with Gasteiger partial charge in [-0.05, 0) is 49.9 Å². The maximum Gasteiger partial charge on any atom is 0.269 e. The minimum absolute atomic E-state index is 0.226. The molecular weight excluding hydrogens is 314 g/mol. The predicted molar refractivity (Wildman–Crippen MR) is 98.5 cm³/mol. The Hall–Kier alpha value is -2.82. The fourth-order valence-corrected chi connectivity index (χ4v) is 3.16. The highest BCUT2D eigenvalue weighted by Gasteiger charge is 2.19. The van der Waals surface area contributed by atoms with Gasteiger partial charge in [-0.2, -0.15) is 0 Å². The highest BCUT2D eigenvalue weighted by Crippen LogP contribution is 2.26. The van der Waals surface area contributed by atoms with E-state index in [1.807, 2.05) is 50.2 Å². The van der Waals surface area contributed by atoms with Crippen LogP contribution in [0.1, 0.15) is 33.5 Å². The Bertz CT molecular complexity index is 801. The van der Waals surface area contributed by atoms with E-state index < -0.39 is 0 Å². The number of benzene rings is 2. The number of hydrazine groups is 1. The molecule has 5 nitrogen and oxygen atoms in total. The molecule has 0 fully saturated rings. The molecule has 1 heterocycles. The van der Waals surface area contributed by atoms with Gasteiger partial charge in [0.1, 0.15) is 0 Å². The number of nitrogens with one attached hydrogen (secondary N) is 2. The molecule has 25 heavy (non-hydrogen) atoms. The quantitative estimate of drug-likeness (QED) is 0.846. The van der Waals surface area contributed by atoms with E-state index in [1.165, 1.54) is 5.56 Å². The molecule has 5 heteroatoms. The Morgan fingerprint density at radius 1 is 1.08 bits per heavy atom. The summed E-state index contributed by atoms with van der Waals surface area (Å²) in [5, 5.41) is 0. The number of rotatable bonds is 3. The first-order valence-electron chi connectivity index (χ1n) is 8.54. The average Bonchev–Trinajstić information content (AvgIpc) is 2.62. The Morgan fingerprint density at radius 2 is 1.88 bits per heavy atom. The Balaban J connectivity index is 1.59. The molecule has 0 aromatic heterocycles. The number of nitrogens with zero attached hydrogens (tertiary/aromatic N) is 1. The molecule has 0 atom stereocenters. The molecule has 0 saturated heterocycles. The second-order valence-corrected chi connectivity index (χ2v) is 6.47. The summed E-state index contributed by atoms with van der Waals surface area (Å²) in [6, 6.07) is 13.8. The molecule has 130 valence electrons. The Morgan fingerprint density at radius 3 is 2.72 bits per heavy atom. The molecule has 0 bridgehead atoms. The molecule has 0 saturated carbocycles. The number of hydrogen-bond donors (Lipinski definition) is 2. The van der Waals surface area contributed by atoms with Crippen molar-refractivity contribution in [1.29, 1.82) is 0 Å². The number of aryl methyl sites for hydroxylation is 3. The third-order valence-corrected chi connectivity index (χ3v) is 4.49. The monoisotopic (exact) mass is 337 g/mol. The summed E-state index contributed by atoms with van der Waals surface area (Å²) in [7, 11) is 0. The Kier molecular flexibility index (Phi) is 5.03. The molecule has 2 aromatic carbocycles. The summed E-state index contributed by atoms with van der Waals surface area (Å²) in [5.41, 5.74) is 9.86. The third-order valence-electron chi connectivity index (χ3n) is 4.49. The van der Waals surface area contributed by atoms with Crippen LogP contribution in [-0.4, -0.2) is 24.9 Å². The van der Waals surface area contributed by atoms with Gasteiger partial charge in [-0.15, -0.1) is 0 Å². The zero-order valence-electron chi connectivity index (χ0n) is 14.6. The van der Waals surface area contributed by atoms with Crippen molar-refractivity contribution < 1.29 is 9.59 Å². The lowest BCUT2D eigenvalue weighted by Gasteiger charge is -2.30. The van der Waals surface area contributed by atoms with Gasteiger partial charge in [-0.25, -0.2) is 0 Å². The van der Waals surface area contributed by atoms with Crippen LogP contribution < -0.4 is 15.8 Å². The van der Waals surface area contributed by atoms with Crippen LogP contribution in [-0.2, 0) is 11.2 Å². The number of anilines is 1. The number of hydrogen-bond acceptors (Lipinski definition) is 3. The first kappa shape index (κ1) is 17.0. The molecule has 0 spiro atoms. The van der Waals surface area contributed by atoms with Crippen LogP contribution in [0.2, 0.25) is 0 Å². The lowest BCUT2D eigenvalue weighted by molar-refractivity contribution is -0.120. The van der Waals surface area contributed by atoms with Crippen molar-refractivity contribution in [1.82, 2.24) is 10.9 Å². The summed E-state index contributed by atoms with van der Waals surface area (Å²) in [6.07, 6.45) is 2.07. The number of fused-ring (bicyclic) bond motifs is 1. The number of amides is 2. The van der Waals surface area contributed by atoms with Crippen molar-refractivity contribution >= 4 is 17.5 Å². The van der Waals surface area contributed by atoms with Crippen LogP contribution in [0.4, 0.5) is 5.69 Å². The van der Waals surface area contributed by atoms with Gasteiger partial charge in [-0.3, -0.25) is 20.4 Å². The highest BCUT2D eigenvalue weighted by molar-refractivity contribution is 5.97. The zero-order chi connectivity index (χ0) is 17.8. The van der Waals surface area contributed by atoms with E-state index in [2.05, 4.69) is 21.8 Å². The van der Waals surface area contributed by atoms with Crippen molar-refractivity contribution in [3.8, 4) is 0 Å². The molecule has 1 aliphatic rings. The van der Waals surface area contributed by atoms with E-state index in [0.29, 0.717) is 5.56 Å². The van der Waals surface area contributed by atoms with Crippen molar-refractivity contribution in [3.63, 3.8) is 0 Å². The molecule has 0 radical (unpaired) electrons. The molecule has 0 aliphatic carbocycles. The van der Waals surface area contributed by atoms with Crippen molar-refractivity contribution in [2.75, 3.05) is 18.0 Å². The summed E-state index contributed by atoms with van der Waals surface area (Å²) in [6.45, 7) is 4.88. The topological polar surface area (TPSA) is 61.4 Å². The van der Waals surface area contributed by atoms with Gasteiger partial charge in [0.25, 0.3) is 11.8 Å². The molecule has 1 aliphatic heterocycles. The summed E-state index contributed by atoms with van der Waals surface area (Å²) >= 11 is 0. The highest BCUT2D eigenvalue weighted by atomic mass is 16.2. The van der Waals surface area contributed by atoms with Crippen LogP contribution in [0, 0.1) is 13.8 Å². The molecule has 2 amide bonds. The normalized spacial score (nSPS) is 13.1. The van der Waals surface area contributed by atoms with Crippen molar-refractivity contribution in [3.05, 3.63) is 64.7 Å². The summed E-state index contributed by atoms with van der Waals surface area (Å²) in [5.74, 6) is -0.524. The first-order valence-corrected chi connectivity index (χ1v) is 8.54. The maximum absolute atomic E-state index is 12.3. The van der Waals surface area contributed by atoms with Crippen LogP contribution in [0.3, 0.4) is 0 Å². The van der Waals surface area contributed by atoms with Crippen LogP contribution in [0.25, 0.3) is 0 Å². The summed E-state index contributed by atoms with van der Waals surface area (Å²) in [4.78, 5) is 26.6. The molecule has 3 rings (SSSR count). The largest absolute Gasteiger partial charge is 0.362 e. The smallest absolute Gasteiger partial charge is 0.269 e. The second-order valence-electron chi connectivity index (χ2n) is 6.47. The maximum atomic E-state index is 12.3. The van der Waals surface area contributed by atoms with E-state index >= 15 is 0 Å². The predicted octanol–water partition coefficient (Wildman–Crippen LogP) is 2.52. The van der Waals surface area contributed by atoms with Gasteiger partial charge >= 0.3 is 0 Å². The van der Waals surface area contributed by atoms with Gasteiger partial charge in [-0.1, -0.05) is 35.9 Å². The third kappa shape index (κ3) is 3.99. The minimum atomic E-state index is -0.298. The van der Waals surface area contributed by atoms with E-state index in [1.54, 1.807) is 0 Å². The number of carbonyl (C=O) groups excluding carboxylic acids is 2. The Labute approximate surface area is 148 Å². The van der Waals surface area contributed by atoms with Gasteiger partial charge < -0.3 is 4.90 Å². The fraction of sp³-hybridized carbons (Fsp3) is 0.300. The minimum Gasteiger partial charge on any atom is -0.362 e. The standard InChI is InChI=1S/C20H23N3O2/c1-14-9-10-15(2)17(12-14)20(25)22-21-19(24)13-23-11-5-7-16-6-3-4-8-18(16)23/h3-4,6,8-10,12H,5,7,11,13H2,1-2H3,(H,21,24)(H,22,25). The second kappa shape index (κ2) is 7.38. The lowest BCUT2D eigenvalue weighted by Crippen LogP contribution is -2.47. The van der Waals surface area contributed by atoms with Crippen molar-refractivity contribution in [2.45, 2.75) is 26.7 Å². The lowest BCUT2D eigenvalue weighted by atomic mass is 10.0. The molecule has 0 unspecified atom stereocenters. The number of carbonyl (C=O) groups is 2.